The number of anilines is 1. The van der Waals surface area contributed by atoms with Crippen molar-refractivity contribution in [3.8, 4) is 0 Å². The first kappa shape index (κ1) is 13.8. The molecule has 0 radical (unpaired) electrons. The minimum Gasteiger partial charge on any atom is -0.478 e. The summed E-state index contributed by atoms with van der Waals surface area (Å²) in [6.07, 6.45) is 2.04. The molecule has 104 valence electrons. The van der Waals surface area contributed by atoms with Crippen LogP contribution in [-0.4, -0.2) is 35.3 Å². The average molecular weight is 264 g/mol. The van der Waals surface area contributed by atoms with Crippen LogP contribution in [0.15, 0.2) is 12.1 Å². The van der Waals surface area contributed by atoms with E-state index >= 15 is 0 Å². The molecule has 2 heterocycles. The van der Waals surface area contributed by atoms with Crippen molar-refractivity contribution in [3.63, 3.8) is 0 Å². The Labute approximate surface area is 113 Å². The zero-order chi connectivity index (χ0) is 13.8. The van der Waals surface area contributed by atoms with Crippen LogP contribution in [-0.2, 0) is 4.74 Å². The van der Waals surface area contributed by atoms with Gasteiger partial charge in [-0.05, 0) is 30.9 Å². The van der Waals surface area contributed by atoms with Crippen LogP contribution in [0, 0.1) is 0 Å². The van der Waals surface area contributed by atoms with Crippen LogP contribution in [0.2, 0.25) is 0 Å². The van der Waals surface area contributed by atoms with Gasteiger partial charge in [-0.15, -0.1) is 0 Å². The fourth-order valence-electron chi connectivity index (χ4n) is 2.11. The number of hydrogen-bond acceptors (Lipinski definition) is 4. The number of rotatable bonds is 4. The van der Waals surface area contributed by atoms with E-state index in [9.17, 15) is 4.79 Å². The second kappa shape index (κ2) is 6.02. The van der Waals surface area contributed by atoms with Gasteiger partial charge in [0.05, 0.1) is 18.2 Å². The maximum Gasteiger partial charge on any atom is 0.335 e. The van der Waals surface area contributed by atoms with Crippen LogP contribution >= 0.6 is 0 Å². The zero-order valence-corrected chi connectivity index (χ0v) is 11.3. The van der Waals surface area contributed by atoms with E-state index in [0.717, 1.165) is 25.1 Å². The van der Waals surface area contributed by atoms with Crippen molar-refractivity contribution in [1.82, 2.24) is 4.98 Å². The lowest BCUT2D eigenvalue weighted by Crippen LogP contribution is -2.30. The quantitative estimate of drug-likeness (QED) is 0.874. The molecule has 1 saturated heterocycles. The molecule has 0 amide bonds. The van der Waals surface area contributed by atoms with E-state index in [1.807, 2.05) is 13.8 Å². The third kappa shape index (κ3) is 3.67. The molecule has 1 fully saturated rings. The fourth-order valence-corrected chi connectivity index (χ4v) is 2.11. The lowest BCUT2D eigenvalue weighted by atomic mass is 10.1. The van der Waals surface area contributed by atoms with Gasteiger partial charge in [-0.25, -0.2) is 9.78 Å². The largest absolute Gasteiger partial charge is 0.478 e. The molecular weight excluding hydrogens is 244 g/mol. The summed E-state index contributed by atoms with van der Waals surface area (Å²) in [5.74, 6) is -0.103. The molecule has 2 rings (SSSR count). The number of carboxylic acids is 1. The van der Waals surface area contributed by atoms with E-state index in [-0.39, 0.29) is 17.5 Å². The topological polar surface area (TPSA) is 71.5 Å². The number of aromatic nitrogens is 1. The molecule has 0 saturated carbocycles. The van der Waals surface area contributed by atoms with Gasteiger partial charge in [0.2, 0.25) is 0 Å². The second-order valence-electron chi connectivity index (χ2n) is 5.18. The number of ether oxygens (including phenoxy) is 1. The molecular formula is C14H20N2O3. The van der Waals surface area contributed by atoms with Gasteiger partial charge >= 0.3 is 5.97 Å². The molecule has 5 nitrogen and oxygen atoms in total. The molecule has 19 heavy (non-hydrogen) atoms. The van der Waals surface area contributed by atoms with Crippen LogP contribution < -0.4 is 5.32 Å². The lowest BCUT2D eigenvalue weighted by molar-refractivity contribution is 0.0696. The summed E-state index contributed by atoms with van der Waals surface area (Å²) in [5, 5.41) is 12.4. The van der Waals surface area contributed by atoms with Crippen LogP contribution in [0.5, 0.6) is 0 Å². The average Bonchev–Trinajstić information content (AvgIpc) is 2.39. The molecule has 1 aromatic rings. The zero-order valence-electron chi connectivity index (χ0n) is 11.3. The monoisotopic (exact) mass is 264 g/mol. The Morgan fingerprint density at radius 1 is 1.53 bits per heavy atom. The highest BCUT2D eigenvalue weighted by molar-refractivity contribution is 5.88. The van der Waals surface area contributed by atoms with Crippen molar-refractivity contribution in [3.05, 3.63) is 23.4 Å². The van der Waals surface area contributed by atoms with Crippen molar-refractivity contribution >= 4 is 11.8 Å². The molecule has 0 bridgehead atoms. The van der Waals surface area contributed by atoms with Gasteiger partial charge in [-0.1, -0.05) is 13.8 Å². The molecule has 5 heteroatoms. The summed E-state index contributed by atoms with van der Waals surface area (Å²) in [5.41, 5.74) is 1.07. The van der Waals surface area contributed by atoms with Crippen molar-refractivity contribution in [2.75, 3.05) is 18.5 Å². The van der Waals surface area contributed by atoms with Crippen LogP contribution in [0.1, 0.15) is 48.7 Å². The molecule has 1 aromatic heterocycles. The van der Waals surface area contributed by atoms with Crippen molar-refractivity contribution < 1.29 is 14.6 Å². The van der Waals surface area contributed by atoms with Gasteiger partial charge in [-0.3, -0.25) is 0 Å². The minimum atomic E-state index is -0.924. The second-order valence-corrected chi connectivity index (χ2v) is 5.18. The van der Waals surface area contributed by atoms with Gasteiger partial charge in [-0.2, -0.15) is 0 Å². The number of hydrogen-bond donors (Lipinski definition) is 2. The van der Waals surface area contributed by atoms with E-state index in [2.05, 4.69) is 10.3 Å². The highest BCUT2D eigenvalue weighted by Gasteiger charge is 2.16. The Kier molecular flexibility index (Phi) is 4.37. The Bertz CT molecular complexity index is 454. The van der Waals surface area contributed by atoms with Crippen molar-refractivity contribution in [2.24, 2.45) is 0 Å². The summed E-state index contributed by atoms with van der Waals surface area (Å²) < 4.78 is 5.40. The van der Waals surface area contributed by atoms with E-state index < -0.39 is 5.97 Å². The summed E-state index contributed by atoms with van der Waals surface area (Å²) in [7, 11) is 0. The Balaban J connectivity index is 2.20. The molecule has 1 atom stereocenters. The number of aromatic carboxylic acids is 1. The summed E-state index contributed by atoms with van der Waals surface area (Å²) in [6, 6.07) is 3.43. The van der Waals surface area contributed by atoms with Gasteiger partial charge in [0.25, 0.3) is 0 Å². The third-order valence-electron chi connectivity index (χ3n) is 3.20. The summed E-state index contributed by atoms with van der Waals surface area (Å²) in [6.45, 7) is 5.46. The van der Waals surface area contributed by atoms with Crippen LogP contribution in [0.3, 0.4) is 0 Å². The number of nitrogens with one attached hydrogen (secondary N) is 1. The smallest absolute Gasteiger partial charge is 0.335 e. The Morgan fingerprint density at radius 3 is 2.89 bits per heavy atom. The molecule has 0 spiro atoms. The summed E-state index contributed by atoms with van der Waals surface area (Å²) >= 11 is 0. The van der Waals surface area contributed by atoms with Crippen LogP contribution in [0.4, 0.5) is 5.82 Å². The van der Waals surface area contributed by atoms with E-state index in [1.165, 1.54) is 0 Å². The van der Waals surface area contributed by atoms with Crippen molar-refractivity contribution in [2.45, 2.75) is 38.6 Å². The third-order valence-corrected chi connectivity index (χ3v) is 3.20. The van der Waals surface area contributed by atoms with Gasteiger partial charge in [0.1, 0.15) is 5.82 Å². The fraction of sp³-hybridized carbons (Fsp3) is 0.571. The normalized spacial score (nSPS) is 19.4. The number of nitrogens with zero attached hydrogens (tertiary/aromatic N) is 1. The van der Waals surface area contributed by atoms with Gasteiger partial charge in [0.15, 0.2) is 0 Å². The van der Waals surface area contributed by atoms with E-state index in [0.29, 0.717) is 12.4 Å². The van der Waals surface area contributed by atoms with Crippen molar-refractivity contribution in [1.29, 1.82) is 0 Å². The molecule has 0 aliphatic carbocycles. The number of carbonyl (C=O) groups is 1. The minimum absolute atomic E-state index is 0.197. The first-order valence-electron chi connectivity index (χ1n) is 6.66. The van der Waals surface area contributed by atoms with E-state index in [4.69, 9.17) is 9.84 Å². The molecule has 2 N–H and O–H groups in total. The number of pyridine rings is 1. The van der Waals surface area contributed by atoms with E-state index in [1.54, 1.807) is 12.1 Å². The Morgan fingerprint density at radius 2 is 2.32 bits per heavy atom. The highest BCUT2D eigenvalue weighted by atomic mass is 16.5. The number of carboxylic acid groups (broad SMARTS) is 1. The lowest BCUT2D eigenvalue weighted by Gasteiger charge is -2.24. The predicted octanol–water partition coefficient (Wildman–Crippen LogP) is 2.49. The summed E-state index contributed by atoms with van der Waals surface area (Å²) in [4.78, 5) is 15.6. The first-order valence-corrected chi connectivity index (χ1v) is 6.66. The molecule has 1 unspecified atom stereocenters. The highest BCUT2D eigenvalue weighted by Crippen LogP contribution is 2.19. The molecule has 1 aliphatic heterocycles. The Hall–Kier alpha value is -1.62. The maximum absolute atomic E-state index is 11.1. The first-order chi connectivity index (χ1) is 9.06. The molecule has 0 aromatic carbocycles. The SMILES string of the molecule is CC(C)c1cc(C(=O)O)cc(NC2CCCOC2)n1. The standard InChI is InChI=1S/C14H20N2O3/c1-9(2)12-6-10(14(17)18)7-13(16-12)15-11-4-3-5-19-8-11/h6-7,9,11H,3-5,8H2,1-2H3,(H,15,16)(H,17,18). The van der Waals surface area contributed by atoms with Gasteiger partial charge in [0, 0.05) is 12.3 Å². The van der Waals surface area contributed by atoms with Gasteiger partial charge < -0.3 is 15.2 Å². The maximum atomic E-state index is 11.1. The van der Waals surface area contributed by atoms with Crippen LogP contribution in [0.25, 0.3) is 0 Å². The molecule has 1 aliphatic rings. The predicted molar refractivity (Wildman–Crippen MR) is 72.7 cm³/mol.